The highest BCUT2D eigenvalue weighted by Gasteiger charge is 2.15. The molecule has 0 aromatic carbocycles. The minimum Gasteiger partial charge on any atom is -0.488 e. The summed E-state index contributed by atoms with van der Waals surface area (Å²) in [5.74, 6) is 2.55. The SMILES string of the molecule is C1=CCCC(CC2=COCC(=Nc3cccc(-n4cccn4)n3)O2)=C1. The Morgan fingerprint density at radius 1 is 1.24 bits per heavy atom. The first kappa shape index (κ1) is 15.4. The number of aromatic nitrogens is 3. The van der Waals surface area contributed by atoms with E-state index in [4.69, 9.17) is 9.47 Å². The molecule has 0 N–H and O–H groups in total. The highest BCUT2D eigenvalue weighted by Crippen LogP contribution is 2.23. The lowest BCUT2D eigenvalue weighted by Crippen LogP contribution is -2.17. The molecule has 2 aromatic rings. The van der Waals surface area contributed by atoms with Gasteiger partial charge in [0, 0.05) is 18.8 Å². The highest BCUT2D eigenvalue weighted by molar-refractivity contribution is 5.81. The van der Waals surface area contributed by atoms with Crippen LogP contribution >= 0.6 is 0 Å². The van der Waals surface area contributed by atoms with Gasteiger partial charge in [-0.3, -0.25) is 0 Å². The fourth-order valence-corrected chi connectivity index (χ4v) is 2.70. The molecular weight excluding hydrogens is 316 g/mol. The summed E-state index contributed by atoms with van der Waals surface area (Å²) in [6, 6.07) is 7.45. The topological polar surface area (TPSA) is 61.5 Å². The number of hydrogen-bond donors (Lipinski definition) is 0. The van der Waals surface area contributed by atoms with Crippen LogP contribution in [0.15, 0.2) is 77.5 Å². The molecule has 6 heteroatoms. The zero-order valence-electron chi connectivity index (χ0n) is 13.7. The van der Waals surface area contributed by atoms with E-state index >= 15 is 0 Å². The van der Waals surface area contributed by atoms with E-state index < -0.39 is 0 Å². The molecule has 1 aliphatic heterocycles. The van der Waals surface area contributed by atoms with Crippen LogP contribution in [0.1, 0.15) is 19.3 Å². The summed E-state index contributed by atoms with van der Waals surface area (Å²) in [6.45, 7) is 0.302. The van der Waals surface area contributed by atoms with Crippen LogP contribution in [0.25, 0.3) is 5.82 Å². The molecule has 0 radical (unpaired) electrons. The Morgan fingerprint density at radius 3 is 3.08 bits per heavy atom. The summed E-state index contributed by atoms with van der Waals surface area (Å²) >= 11 is 0. The van der Waals surface area contributed by atoms with Gasteiger partial charge in [-0.25, -0.2) is 9.67 Å². The lowest BCUT2D eigenvalue weighted by Gasteiger charge is -2.18. The van der Waals surface area contributed by atoms with Crippen LogP contribution in [0.2, 0.25) is 0 Å². The van der Waals surface area contributed by atoms with Gasteiger partial charge in [0.05, 0.1) is 0 Å². The standard InChI is InChI=1S/C19H18N4O2/c1-2-6-15(7-3-1)12-16-13-24-14-19(25-16)22-17-8-4-9-18(21-17)23-11-5-10-20-23/h1-2,4-6,8-11,13H,3,7,12,14H2. The average Bonchev–Trinajstić information content (AvgIpc) is 3.18. The predicted molar refractivity (Wildman–Crippen MR) is 94.6 cm³/mol. The molecule has 25 heavy (non-hydrogen) atoms. The molecule has 126 valence electrons. The van der Waals surface area contributed by atoms with Gasteiger partial charge in [0.25, 0.3) is 0 Å². The lowest BCUT2D eigenvalue weighted by atomic mass is 10.0. The number of allylic oxidation sites excluding steroid dienone is 4. The minimum absolute atomic E-state index is 0.302. The van der Waals surface area contributed by atoms with Gasteiger partial charge in [-0.2, -0.15) is 10.1 Å². The van der Waals surface area contributed by atoms with Crippen molar-refractivity contribution in [3.63, 3.8) is 0 Å². The first-order valence-electron chi connectivity index (χ1n) is 8.24. The van der Waals surface area contributed by atoms with E-state index in [0.717, 1.165) is 25.0 Å². The monoisotopic (exact) mass is 334 g/mol. The summed E-state index contributed by atoms with van der Waals surface area (Å²) < 4.78 is 13.1. The van der Waals surface area contributed by atoms with Gasteiger partial charge in [0.15, 0.2) is 18.2 Å². The number of rotatable bonds is 4. The van der Waals surface area contributed by atoms with Gasteiger partial charge in [-0.15, -0.1) is 0 Å². The van der Waals surface area contributed by atoms with Gasteiger partial charge in [-0.05, 0) is 31.0 Å². The molecule has 0 amide bonds. The van der Waals surface area contributed by atoms with E-state index in [-0.39, 0.29) is 0 Å². The number of nitrogens with zero attached hydrogens (tertiary/aromatic N) is 4. The molecule has 2 aromatic heterocycles. The van der Waals surface area contributed by atoms with Crippen LogP contribution in [0.4, 0.5) is 5.82 Å². The molecule has 0 unspecified atom stereocenters. The van der Waals surface area contributed by atoms with Crippen LogP contribution in [0, 0.1) is 0 Å². The molecule has 0 saturated heterocycles. The lowest BCUT2D eigenvalue weighted by molar-refractivity contribution is 0.211. The largest absolute Gasteiger partial charge is 0.488 e. The van der Waals surface area contributed by atoms with Crippen molar-refractivity contribution < 1.29 is 9.47 Å². The van der Waals surface area contributed by atoms with Crippen LogP contribution in [-0.4, -0.2) is 27.3 Å². The second-order valence-corrected chi connectivity index (χ2v) is 5.78. The first-order valence-corrected chi connectivity index (χ1v) is 8.24. The Hall–Kier alpha value is -3.15. The fourth-order valence-electron chi connectivity index (χ4n) is 2.70. The minimum atomic E-state index is 0.302. The van der Waals surface area contributed by atoms with Crippen molar-refractivity contribution >= 4 is 11.7 Å². The van der Waals surface area contributed by atoms with E-state index in [2.05, 4.69) is 33.3 Å². The van der Waals surface area contributed by atoms with Gasteiger partial charge in [0.1, 0.15) is 12.0 Å². The predicted octanol–water partition coefficient (Wildman–Crippen LogP) is 3.85. The average molecular weight is 334 g/mol. The van der Waals surface area contributed by atoms with Gasteiger partial charge in [-0.1, -0.05) is 29.9 Å². The number of ether oxygens (including phenoxy) is 2. The molecule has 0 bridgehead atoms. The summed E-state index contributed by atoms with van der Waals surface area (Å²) in [5, 5.41) is 4.18. The first-order chi connectivity index (χ1) is 12.4. The Kier molecular flexibility index (Phi) is 4.41. The van der Waals surface area contributed by atoms with Crippen molar-refractivity contribution in [1.29, 1.82) is 0 Å². The Morgan fingerprint density at radius 2 is 2.24 bits per heavy atom. The van der Waals surface area contributed by atoms with Gasteiger partial charge >= 0.3 is 0 Å². The molecule has 6 nitrogen and oxygen atoms in total. The highest BCUT2D eigenvalue weighted by atomic mass is 16.6. The molecule has 0 saturated carbocycles. The Labute approximate surface area is 145 Å². The second-order valence-electron chi connectivity index (χ2n) is 5.78. The van der Waals surface area contributed by atoms with E-state index in [9.17, 15) is 0 Å². The maximum atomic E-state index is 5.88. The zero-order chi connectivity index (χ0) is 16.9. The summed E-state index contributed by atoms with van der Waals surface area (Å²) in [5.41, 5.74) is 1.33. The molecule has 0 fully saturated rings. The van der Waals surface area contributed by atoms with Crippen LogP contribution in [-0.2, 0) is 9.47 Å². The van der Waals surface area contributed by atoms with Crippen molar-refractivity contribution in [2.75, 3.05) is 6.61 Å². The smallest absolute Gasteiger partial charge is 0.234 e. The van der Waals surface area contributed by atoms with Crippen LogP contribution in [0.5, 0.6) is 0 Å². The van der Waals surface area contributed by atoms with Crippen molar-refractivity contribution in [2.45, 2.75) is 19.3 Å². The Balaban J connectivity index is 1.48. The molecule has 4 rings (SSSR count). The molecule has 3 heterocycles. The summed E-state index contributed by atoms with van der Waals surface area (Å²) in [7, 11) is 0. The van der Waals surface area contributed by atoms with E-state index in [1.165, 1.54) is 5.57 Å². The summed E-state index contributed by atoms with van der Waals surface area (Å²) in [4.78, 5) is 8.96. The number of aliphatic imine (C=N–C) groups is 1. The Bertz CT molecular complexity index is 863. The maximum absolute atomic E-state index is 5.88. The van der Waals surface area contributed by atoms with Crippen LogP contribution < -0.4 is 0 Å². The van der Waals surface area contributed by atoms with Crippen molar-refractivity contribution in [1.82, 2.24) is 14.8 Å². The normalized spacial score (nSPS) is 18.3. The third-order valence-corrected chi connectivity index (χ3v) is 3.87. The van der Waals surface area contributed by atoms with E-state index in [0.29, 0.717) is 24.1 Å². The van der Waals surface area contributed by atoms with Crippen molar-refractivity contribution in [2.24, 2.45) is 4.99 Å². The summed E-state index contributed by atoms with van der Waals surface area (Å²) in [6.07, 6.45) is 14.5. The van der Waals surface area contributed by atoms with Crippen molar-refractivity contribution in [3.05, 3.63) is 72.5 Å². The molecule has 2 aliphatic rings. The van der Waals surface area contributed by atoms with Crippen molar-refractivity contribution in [3.8, 4) is 5.82 Å². The maximum Gasteiger partial charge on any atom is 0.234 e. The molecule has 0 atom stereocenters. The second kappa shape index (κ2) is 7.17. The number of hydrogen-bond acceptors (Lipinski definition) is 5. The number of pyridine rings is 1. The fraction of sp³-hybridized carbons (Fsp3) is 0.211. The molecule has 0 spiro atoms. The third-order valence-electron chi connectivity index (χ3n) is 3.87. The van der Waals surface area contributed by atoms with Gasteiger partial charge < -0.3 is 9.47 Å². The van der Waals surface area contributed by atoms with Gasteiger partial charge in [0.2, 0.25) is 5.90 Å². The zero-order valence-corrected chi connectivity index (χ0v) is 13.7. The van der Waals surface area contributed by atoms with E-state index in [1.807, 2.05) is 30.5 Å². The van der Waals surface area contributed by atoms with Crippen LogP contribution in [0.3, 0.4) is 0 Å². The third kappa shape index (κ3) is 3.85. The molecule has 1 aliphatic carbocycles. The molecular formula is C19H18N4O2. The van der Waals surface area contributed by atoms with E-state index in [1.54, 1.807) is 17.1 Å². The quantitative estimate of drug-likeness (QED) is 0.852.